The van der Waals surface area contributed by atoms with Gasteiger partial charge in [-0.15, -0.1) is 0 Å². The van der Waals surface area contributed by atoms with Gasteiger partial charge in [0.2, 0.25) is 11.8 Å². The molecule has 1 fully saturated rings. The lowest BCUT2D eigenvalue weighted by Gasteiger charge is -2.42. The van der Waals surface area contributed by atoms with E-state index in [4.69, 9.17) is 4.74 Å². The lowest BCUT2D eigenvalue weighted by Crippen LogP contribution is -2.53. The molecule has 6 nitrogen and oxygen atoms in total. The highest BCUT2D eigenvalue weighted by molar-refractivity contribution is 5.74. The topological polar surface area (TPSA) is 53.1 Å². The average Bonchev–Trinajstić information content (AvgIpc) is 2.81. The Kier molecular flexibility index (Phi) is 7.44. The zero-order chi connectivity index (χ0) is 19.4. The van der Waals surface area contributed by atoms with Gasteiger partial charge >= 0.3 is 0 Å². The van der Waals surface area contributed by atoms with Crippen LogP contribution in [0.15, 0.2) is 0 Å². The Balaban J connectivity index is 2.72. The fourth-order valence-corrected chi connectivity index (χ4v) is 3.52. The number of ether oxygens (including phenoxy) is 1. The van der Waals surface area contributed by atoms with Crippen molar-refractivity contribution in [2.24, 2.45) is 0 Å². The van der Waals surface area contributed by atoms with Crippen molar-refractivity contribution in [2.75, 3.05) is 32.8 Å². The number of hydrogen-bond donors (Lipinski definition) is 0. The quantitative estimate of drug-likeness (QED) is 0.703. The van der Waals surface area contributed by atoms with Gasteiger partial charge in [0.1, 0.15) is 6.23 Å². The molecule has 146 valence electrons. The molecule has 0 aromatic carbocycles. The maximum absolute atomic E-state index is 12.2. The minimum atomic E-state index is -0.311. The molecule has 0 spiro atoms. The fraction of sp³-hybridized carbons (Fsp3) is 0.895. The first kappa shape index (κ1) is 21.9. The molecule has 1 aliphatic heterocycles. The number of carbonyl (C=O) groups is 2. The number of nitrogens with zero attached hydrogens (tertiary/aromatic N) is 3. The van der Waals surface area contributed by atoms with Crippen LogP contribution in [-0.4, -0.2) is 76.6 Å². The molecule has 0 saturated carbocycles. The summed E-state index contributed by atoms with van der Waals surface area (Å²) in [5, 5.41) is 0. The van der Waals surface area contributed by atoms with Crippen LogP contribution in [0.5, 0.6) is 0 Å². The summed E-state index contributed by atoms with van der Waals surface area (Å²) in [6.45, 7) is 19.3. The van der Waals surface area contributed by atoms with Gasteiger partial charge in [0.25, 0.3) is 0 Å². The molecule has 1 atom stereocenters. The molecule has 1 aliphatic rings. The SMILES string of the molecule is CC(=O)N(CCC(C)(C)N(CCN1CCOC1C)C(C)=O)C(C)(C)C. The van der Waals surface area contributed by atoms with Crippen molar-refractivity contribution in [3.05, 3.63) is 0 Å². The van der Waals surface area contributed by atoms with E-state index in [0.717, 1.165) is 26.1 Å². The third-order valence-corrected chi connectivity index (χ3v) is 5.11. The highest BCUT2D eigenvalue weighted by Gasteiger charge is 2.33. The van der Waals surface area contributed by atoms with Gasteiger partial charge in [0, 0.05) is 51.1 Å². The summed E-state index contributed by atoms with van der Waals surface area (Å²) < 4.78 is 5.56. The summed E-state index contributed by atoms with van der Waals surface area (Å²) in [5.74, 6) is 0.142. The normalized spacial score (nSPS) is 19.1. The number of amides is 2. The molecule has 0 aliphatic carbocycles. The van der Waals surface area contributed by atoms with Gasteiger partial charge < -0.3 is 14.5 Å². The first-order valence-electron chi connectivity index (χ1n) is 9.28. The van der Waals surface area contributed by atoms with E-state index in [1.54, 1.807) is 13.8 Å². The van der Waals surface area contributed by atoms with Crippen LogP contribution in [0.3, 0.4) is 0 Å². The molecule has 1 unspecified atom stereocenters. The summed E-state index contributed by atoms with van der Waals surface area (Å²) in [6.07, 6.45) is 0.862. The third kappa shape index (κ3) is 6.26. The van der Waals surface area contributed by atoms with E-state index in [0.29, 0.717) is 13.1 Å². The van der Waals surface area contributed by atoms with Gasteiger partial charge in [-0.3, -0.25) is 14.5 Å². The first-order valence-corrected chi connectivity index (χ1v) is 9.28. The predicted octanol–water partition coefficient (Wildman–Crippen LogP) is 2.33. The zero-order valence-electron chi connectivity index (χ0n) is 17.4. The highest BCUT2D eigenvalue weighted by Crippen LogP contribution is 2.23. The molecule has 0 N–H and O–H groups in total. The molecule has 0 aromatic heterocycles. The third-order valence-electron chi connectivity index (χ3n) is 5.11. The Bertz CT molecular complexity index is 471. The minimum absolute atomic E-state index is 0.0701. The Morgan fingerprint density at radius 2 is 1.60 bits per heavy atom. The molecule has 6 heteroatoms. The summed E-state index contributed by atoms with van der Waals surface area (Å²) in [5.41, 5.74) is -0.528. The summed E-state index contributed by atoms with van der Waals surface area (Å²) in [7, 11) is 0. The highest BCUT2D eigenvalue weighted by atomic mass is 16.5. The predicted molar refractivity (Wildman–Crippen MR) is 100 cm³/mol. The van der Waals surface area contributed by atoms with Gasteiger partial charge in [-0.05, 0) is 48.0 Å². The lowest BCUT2D eigenvalue weighted by molar-refractivity contribution is -0.136. The monoisotopic (exact) mass is 355 g/mol. The first-order chi connectivity index (χ1) is 11.4. The molecule has 25 heavy (non-hydrogen) atoms. The van der Waals surface area contributed by atoms with Crippen molar-refractivity contribution in [1.29, 1.82) is 0 Å². The van der Waals surface area contributed by atoms with Crippen molar-refractivity contribution < 1.29 is 14.3 Å². The molecular formula is C19H37N3O3. The van der Waals surface area contributed by atoms with E-state index in [1.165, 1.54) is 0 Å². The molecule has 1 heterocycles. The van der Waals surface area contributed by atoms with Crippen LogP contribution >= 0.6 is 0 Å². The van der Waals surface area contributed by atoms with Gasteiger partial charge in [0.15, 0.2) is 0 Å². The Morgan fingerprint density at radius 3 is 2.00 bits per heavy atom. The van der Waals surface area contributed by atoms with Crippen LogP contribution < -0.4 is 0 Å². The van der Waals surface area contributed by atoms with Crippen molar-refractivity contribution in [2.45, 2.75) is 79.1 Å². The number of hydrogen-bond acceptors (Lipinski definition) is 4. The maximum atomic E-state index is 12.2. The molecule has 0 bridgehead atoms. The molecular weight excluding hydrogens is 318 g/mol. The van der Waals surface area contributed by atoms with E-state index in [9.17, 15) is 9.59 Å². The molecule has 1 rings (SSSR count). The van der Waals surface area contributed by atoms with Gasteiger partial charge in [0.05, 0.1) is 6.61 Å². The number of carbonyl (C=O) groups excluding carboxylic acids is 2. The van der Waals surface area contributed by atoms with Crippen LogP contribution in [0.1, 0.15) is 61.8 Å². The molecule has 1 saturated heterocycles. The van der Waals surface area contributed by atoms with E-state index in [2.05, 4.69) is 18.7 Å². The van der Waals surface area contributed by atoms with Crippen molar-refractivity contribution >= 4 is 11.8 Å². The van der Waals surface area contributed by atoms with Gasteiger partial charge in [-0.25, -0.2) is 0 Å². The second-order valence-corrected chi connectivity index (χ2v) is 8.58. The van der Waals surface area contributed by atoms with Crippen molar-refractivity contribution in [1.82, 2.24) is 14.7 Å². The van der Waals surface area contributed by atoms with Crippen molar-refractivity contribution in [3.63, 3.8) is 0 Å². The standard InChI is InChI=1S/C19H37N3O3/c1-15(23)21(18(4,5)6)10-9-19(7,8)22(16(2)24)12-11-20-13-14-25-17(20)3/h17H,9-14H2,1-8H3. The Morgan fingerprint density at radius 1 is 1.04 bits per heavy atom. The van der Waals surface area contributed by atoms with Crippen molar-refractivity contribution in [3.8, 4) is 0 Å². The van der Waals surface area contributed by atoms with E-state index < -0.39 is 0 Å². The Hall–Kier alpha value is -1.14. The molecule has 2 amide bonds. The van der Waals surface area contributed by atoms with Crippen LogP contribution in [0, 0.1) is 0 Å². The van der Waals surface area contributed by atoms with Crippen LogP contribution in [0.4, 0.5) is 0 Å². The van der Waals surface area contributed by atoms with Crippen LogP contribution in [-0.2, 0) is 14.3 Å². The molecule has 0 radical (unpaired) electrons. The lowest BCUT2D eigenvalue weighted by atomic mass is 9.95. The smallest absolute Gasteiger partial charge is 0.219 e. The van der Waals surface area contributed by atoms with E-state index >= 15 is 0 Å². The number of rotatable bonds is 7. The van der Waals surface area contributed by atoms with Gasteiger partial charge in [-0.2, -0.15) is 0 Å². The second-order valence-electron chi connectivity index (χ2n) is 8.58. The fourth-order valence-electron chi connectivity index (χ4n) is 3.52. The van der Waals surface area contributed by atoms with Crippen LogP contribution in [0.25, 0.3) is 0 Å². The maximum Gasteiger partial charge on any atom is 0.219 e. The zero-order valence-corrected chi connectivity index (χ0v) is 17.4. The largest absolute Gasteiger partial charge is 0.362 e. The molecule has 0 aromatic rings. The summed E-state index contributed by atoms with van der Waals surface area (Å²) >= 11 is 0. The van der Waals surface area contributed by atoms with Gasteiger partial charge in [-0.1, -0.05) is 0 Å². The van der Waals surface area contributed by atoms with Crippen LogP contribution in [0.2, 0.25) is 0 Å². The van der Waals surface area contributed by atoms with E-state index in [-0.39, 0.29) is 29.1 Å². The second kappa shape index (κ2) is 8.49. The summed E-state index contributed by atoms with van der Waals surface area (Å²) in [6, 6.07) is 0. The van der Waals surface area contributed by atoms with E-state index in [1.807, 2.05) is 37.5 Å². The Labute approximate surface area is 153 Å². The minimum Gasteiger partial charge on any atom is -0.362 e. The average molecular weight is 356 g/mol. The summed E-state index contributed by atoms with van der Waals surface area (Å²) in [4.78, 5) is 30.3.